The lowest BCUT2D eigenvalue weighted by Gasteiger charge is -2.19. The van der Waals surface area contributed by atoms with Crippen LogP contribution in [0.3, 0.4) is 0 Å². The third-order valence-electron chi connectivity index (χ3n) is 2.43. The molecular weight excluding hydrogens is 270 g/mol. The van der Waals surface area contributed by atoms with Gasteiger partial charge in [0.05, 0.1) is 12.6 Å². The van der Waals surface area contributed by atoms with Gasteiger partial charge in [-0.3, -0.25) is 9.69 Å². The molecule has 0 unspecified atom stereocenters. The summed E-state index contributed by atoms with van der Waals surface area (Å²) in [6, 6.07) is 9.25. The lowest BCUT2D eigenvalue weighted by Crippen LogP contribution is -2.37. The summed E-state index contributed by atoms with van der Waals surface area (Å²) in [6.45, 7) is 3.35. The van der Waals surface area contributed by atoms with E-state index in [4.69, 9.17) is 15.9 Å². The molecule has 0 saturated heterocycles. The third kappa shape index (κ3) is 6.48. The molecule has 0 radical (unpaired) electrons. The predicted molar refractivity (Wildman–Crippen MR) is 78.3 cm³/mol. The Morgan fingerprint density at radius 1 is 1.29 bits per heavy atom. The molecule has 0 spiro atoms. The fraction of sp³-hybridized carbons (Fsp3) is 0.375. The van der Waals surface area contributed by atoms with E-state index in [1.54, 1.807) is 13.8 Å². The van der Waals surface area contributed by atoms with Gasteiger partial charge in [-0.25, -0.2) is 4.79 Å². The summed E-state index contributed by atoms with van der Waals surface area (Å²) >= 11 is 0. The summed E-state index contributed by atoms with van der Waals surface area (Å²) in [5.41, 5.74) is 0.858. The van der Waals surface area contributed by atoms with Gasteiger partial charge >= 0.3 is 12.1 Å². The van der Waals surface area contributed by atoms with E-state index in [1.165, 1.54) is 0 Å². The fourth-order valence-electron chi connectivity index (χ4n) is 1.56. The number of amides is 1. The molecule has 5 nitrogen and oxygen atoms in total. The predicted octanol–water partition coefficient (Wildman–Crippen LogP) is 2.21. The number of hydrogen-bond acceptors (Lipinski definition) is 4. The normalized spacial score (nSPS) is 9.81. The Morgan fingerprint density at radius 2 is 1.95 bits per heavy atom. The van der Waals surface area contributed by atoms with Crippen LogP contribution < -0.4 is 0 Å². The molecule has 0 aliphatic rings. The Hall–Kier alpha value is -2.48. The minimum absolute atomic E-state index is 0.0131. The maximum Gasteiger partial charge on any atom is 0.411 e. The topological polar surface area (TPSA) is 55.8 Å². The molecule has 1 aromatic carbocycles. The highest BCUT2D eigenvalue weighted by molar-refractivity contribution is 5.78. The number of carbonyl (C=O) groups is 2. The van der Waals surface area contributed by atoms with Gasteiger partial charge in [0, 0.05) is 0 Å². The molecular formula is C16H19NO4. The Morgan fingerprint density at radius 3 is 2.52 bits per heavy atom. The van der Waals surface area contributed by atoms with Gasteiger partial charge in [0.1, 0.15) is 13.2 Å². The van der Waals surface area contributed by atoms with Gasteiger partial charge in [-0.15, -0.1) is 6.42 Å². The van der Waals surface area contributed by atoms with E-state index >= 15 is 0 Å². The van der Waals surface area contributed by atoms with Crippen LogP contribution in [0.1, 0.15) is 19.4 Å². The van der Waals surface area contributed by atoms with Gasteiger partial charge < -0.3 is 9.47 Å². The summed E-state index contributed by atoms with van der Waals surface area (Å²) in [7, 11) is 0. The lowest BCUT2D eigenvalue weighted by atomic mass is 10.2. The van der Waals surface area contributed by atoms with Crippen molar-refractivity contribution in [2.24, 2.45) is 0 Å². The van der Waals surface area contributed by atoms with Crippen LogP contribution in [0.25, 0.3) is 0 Å². The van der Waals surface area contributed by atoms with Crippen LogP contribution in [0.2, 0.25) is 0 Å². The Balaban J connectivity index is 2.53. The number of carbonyl (C=O) groups excluding carboxylic acids is 2. The molecule has 0 aliphatic carbocycles. The van der Waals surface area contributed by atoms with Crippen molar-refractivity contribution in [3.8, 4) is 12.3 Å². The molecule has 0 N–H and O–H groups in total. The summed E-state index contributed by atoms with van der Waals surface area (Å²) in [5, 5.41) is 0. The molecule has 1 rings (SSSR count). The van der Waals surface area contributed by atoms with Crippen molar-refractivity contribution in [3.63, 3.8) is 0 Å². The van der Waals surface area contributed by atoms with Crippen molar-refractivity contribution in [3.05, 3.63) is 35.9 Å². The van der Waals surface area contributed by atoms with Crippen molar-refractivity contribution >= 4 is 12.1 Å². The molecule has 112 valence electrons. The summed E-state index contributed by atoms with van der Waals surface area (Å²) in [4.78, 5) is 24.6. The Bertz CT molecular complexity index is 505. The van der Waals surface area contributed by atoms with Crippen LogP contribution in [-0.2, 0) is 20.9 Å². The highest BCUT2D eigenvalue weighted by Crippen LogP contribution is 2.04. The smallest absolute Gasteiger partial charge is 0.411 e. The van der Waals surface area contributed by atoms with E-state index in [2.05, 4.69) is 5.92 Å². The molecule has 0 fully saturated rings. The second-order valence-electron chi connectivity index (χ2n) is 4.64. The van der Waals surface area contributed by atoms with Crippen molar-refractivity contribution in [2.45, 2.75) is 26.6 Å². The molecule has 5 heteroatoms. The SMILES string of the molecule is C#CCN(CC(=O)OC(C)C)C(=O)OCc1ccccc1. The first-order valence-corrected chi connectivity index (χ1v) is 6.61. The first kappa shape index (κ1) is 16.6. The number of terminal acetylenes is 1. The average molecular weight is 289 g/mol. The number of rotatable bonds is 6. The van der Waals surface area contributed by atoms with Crippen LogP contribution in [0.5, 0.6) is 0 Å². The van der Waals surface area contributed by atoms with Crippen molar-refractivity contribution in [1.82, 2.24) is 4.90 Å². The molecule has 0 saturated carbocycles. The first-order chi connectivity index (χ1) is 10.0. The van der Waals surface area contributed by atoms with E-state index in [0.29, 0.717) is 0 Å². The van der Waals surface area contributed by atoms with Crippen LogP contribution in [0.4, 0.5) is 4.79 Å². The molecule has 0 aromatic heterocycles. The monoisotopic (exact) mass is 289 g/mol. The van der Waals surface area contributed by atoms with Gasteiger partial charge in [0.15, 0.2) is 0 Å². The zero-order valence-corrected chi connectivity index (χ0v) is 12.2. The molecule has 1 aromatic rings. The summed E-state index contributed by atoms with van der Waals surface area (Å²) in [6.07, 6.45) is 4.31. The van der Waals surface area contributed by atoms with Gasteiger partial charge in [-0.2, -0.15) is 0 Å². The fourth-order valence-corrected chi connectivity index (χ4v) is 1.56. The molecule has 0 aliphatic heterocycles. The van der Waals surface area contributed by atoms with Gasteiger partial charge in [0.25, 0.3) is 0 Å². The quantitative estimate of drug-likeness (QED) is 0.595. The van der Waals surface area contributed by atoms with Gasteiger partial charge in [-0.05, 0) is 19.4 Å². The zero-order chi connectivity index (χ0) is 15.7. The van der Waals surface area contributed by atoms with Gasteiger partial charge in [0.2, 0.25) is 0 Å². The number of nitrogens with zero attached hydrogens (tertiary/aromatic N) is 1. The number of hydrogen-bond donors (Lipinski definition) is 0. The van der Waals surface area contributed by atoms with E-state index in [1.807, 2.05) is 30.3 Å². The van der Waals surface area contributed by atoms with Crippen LogP contribution in [0, 0.1) is 12.3 Å². The van der Waals surface area contributed by atoms with Crippen LogP contribution in [0.15, 0.2) is 30.3 Å². The number of ether oxygens (including phenoxy) is 2. The first-order valence-electron chi connectivity index (χ1n) is 6.61. The second kappa shape index (κ2) is 8.64. The van der Waals surface area contributed by atoms with Crippen LogP contribution in [-0.4, -0.2) is 36.2 Å². The minimum atomic E-state index is -0.641. The lowest BCUT2D eigenvalue weighted by molar-refractivity contribution is -0.148. The van der Waals surface area contributed by atoms with Crippen molar-refractivity contribution < 1.29 is 19.1 Å². The van der Waals surface area contributed by atoms with E-state index in [0.717, 1.165) is 10.5 Å². The Kier molecular flexibility index (Phi) is 6.82. The summed E-state index contributed by atoms with van der Waals surface area (Å²) < 4.78 is 10.1. The standard InChI is InChI=1S/C16H19NO4/c1-4-10-17(11-15(18)21-13(2)3)16(19)20-12-14-8-6-5-7-9-14/h1,5-9,13H,10-12H2,2-3H3. The molecule has 1 amide bonds. The largest absolute Gasteiger partial charge is 0.462 e. The molecule has 0 bridgehead atoms. The minimum Gasteiger partial charge on any atom is -0.462 e. The van der Waals surface area contributed by atoms with E-state index in [9.17, 15) is 9.59 Å². The maximum atomic E-state index is 11.9. The second-order valence-corrected chi connectivity index (χ2v) is 4.64. The number of esters is 1. The molecule has 0 atom stereocenters. The third-order valence-corrected chi connectivity index (χ3v) is 2.43. The van der Waals surface area contributed by atoms with E-state index in [-0.39, 0.29) is 25.8 Å². The number of benzene rings is 1. The average Bonchev–Trinajstić information content (AvgIpc) is 2.44. The van der Waals surface area contributed by atoms with Crippen LogP contribution >= 0.6 is 0 Å². The van der Waals surface area contributed by atoms with Crippen molar-refractivity contribution in [2.75, 3.05) is 13.1 Å². The maximum absolute atomic E-state index is 11.9. The van der Waals surface area contributed by atoms with Crippen molar-refractivity contribution in [1.29, 1.82) is 0 Å². The zero-order valence-electron chi connectivity index (χ0n) is 12.2. The highest BCUT2D eigenvalue weighted by atomic mass is 16.6. The summed E-state index contributed by atoms with van der Waals surface area (Å²) in [5.74, 6) is 1.81. The Labute approximate surface area is 124 Å². The highest BCUT2D eigenvalue weighted by Gasteiger charge is 2.19. The van der Waals surface area contributed by atoms with Gasteiger partial charge in [-0.1, -0.05) is 36.3 Å². The van der Waals surface area contributed by atoms with E-state index < -0.39 is 12.1 Å². The molecule has 21 heavy (non-hydrogen) atoms. The molecule has 0 heterocycles.